The maximum absolute atomic E-state index is 14.4. The van der Waals surface area contributed by atoms with E-state index in [1.165, 1.54) is 25.5 Å². The van der Waals surface area contributed by atoms with E-state index >= 15 is 0 Å². The largest absolute Gasteiger partial charge is 0.493 e. The van der Waals surface area contributed by atoms with Crippen molar-refractivity contribution in [1.29, 1.82) is 0 Å². The number of amides is 1. The zero-order valence-corrected chi connectivity index (χ0v) is 19.6. The van der Waals surface area contributed by atoms with Crippen molar-refractivity contribution >= 4 is 11.6 Å². The van der Waals surface area contributed by atoms with Crippen molar-refractivity contribution < 1.29 is 36.2 Å². The Labute approximate surface area is 202 Å². The summed E-state index contributed by atoms with van der Waals surface area (Å²) >= 11 is 0. The smallest absolute Gasteiger partial charge is 0.417 e. The van der Waals surface area contributed by atoms with Gasteiger partial charge in [-0.15, -0.1) is 10.2 Å². The number of benzene rings is 1. The van der Waals surface area contributed by atoms with Crippen LogP contribution < -0.4 is 10.1 Å². The van der Waals surface area contributed by atoms with E-state index in [1.54, 1.807) is 17.7 Å². The Morgan fingerprint density at radius 1 is 1.22 bits per heavy atom. The summed E-state index contributed by atoms with van der Waals surface area (Å²) in [6.45, 7) is 2.06. The zero-order chi connectivity index (χ0) is 26.4. The summed E-state index contributed by atoms with van der Waals surface area (Å²) in [6, 6.07) is 4.91. The van der Waals surface area contributed by atoms with Crippen LogP contribution in [-0.4, -0.2) is 50.6 Å². The fourth-order valence-electron chi connectivity index (χ4n) is 4.37. The normalized spacial score (nSPS) is 24.1. The lowest BCUT2D eigenvalue weighted by atomic mass is 9.77. The number of halogens is 5. The summed E-state index contributed by atoms with van der Waals surface area (Å²) in [5.74, 6) is -6.32. The molecule has 8 nitrogen and oxygen atoms in total. The zero-order valence-electron chi connectivity index (χ0n) is 19.6. The van der Waals surface area contributed by atoms with Gasteiger partial charge >= 0.3 is 6.18 Å². The lowest BCUT2D eigenvalue weighted by molar-refractivity contribution is -0.272. The highest BCUT2D eigenvalue weighted by Crippen LogP contribution is 2.55. The molecule has 0 aliphatic carbocycles. The van der Waals surface area contributed by atoms with E-state index in [9.17, 15) is 26.7 Å². The van der Waals surface area contributed by atoms with Crippen LogP contribution in [0.1, 0.15) is 25.3 Å². The average molecular weight is 511 g/mol. The second-order valence-corrected chi connectivity index (χ2v) is 8.63. The van der Waals surface area contributed by atoms with Crippen molar-refractivity contribution in [3.8, 4) is 17.3 Å². The molecule has 192 valence electrons. The molecule has 13 heteroatoms. The van der Waals surface area contributed by atoms with Gasteiger partial charge in [0.2, 0.25) is 5.82 Å². The summed E-state index contributed by atoms with van der Waals surface area (Å²) in [4.78, 5) is 17.4. The third-order valence-corrected chi connectivity index (χ3v) is 6.54. The van der Waals surface area contributed by atoms with Crippen molar-refractivity contribution in [2.45, 2.75) is 37.6 Å². The molecule has 3 aromatic rings. The van der Waals surface area contributed by atoms with Gasteiger partial charge in [0.15, 0.2) is 23.0 Å². The van der Waals surface area contributed by atoms with Crippen LogP contribution in [-0.2, 0) is 16.6 Å². The molecule has 1 fully saturated rings. The fraction of sp³-hybridized carbons (Fsp3) is 0.391. The predicted octanol–water partition coefficient (Wildman–Crippen LogP) is 4.24. The van der Waals surface area contributed by atoms with E-state index in [0.717, 1.165) is 26.2 Å². The van der Waals surface area contributed by atoms with Gasteiger partial charge in [-0.3, -0.25) is 9.78 Å². The Hall–Kier alpha value is -3.61. The quantitative estimate of drug-likeness (QED) is 0.516. The van der Waals surface area contributed by atoms with Crippen LogP contribution in [0, 0.1) is 17.6 Å². The summed E-state index contributed by atoms with van der Waals surface area (Å²) in [5.41, 5.74) is -2.23. The van der Waals surface area contributed by atoms with Crippen LogP contribution in [0.25, 0.3) is 11.5 Å². The van der Waals surface area contributed by atoms with Gasteiger partial charge in [-0.05, 0) is 25.1 Å². The Kier molecular flexibility index (Phi) is 6.45. The van der Waals surface area contributed by atoms with Crippen molar-refractivity contribution in [3.05, 3.63) is 54.0 Å². The van der Waals surface area contributed by atoms with Crippen LogP contribution in [0.2, 0.25) is 0 Å². The van der Waals surface area contributed by atoms with Crippen LogP contribution in [0.4, 0.5) is 27.6 Å². The number of nitrogens with zero attached hydrogens (tertiary/aromatic N) is 4. The second-order valence-electron chi connectivity index (χ2n) is 8.63. The van der Waals surface area contributed by atoms with Gasteiger partial charge in [-0.2, -0.15) is 17.6 Å². The first-order valence-electron chi connectivity index (χ1n) is 10.8. The number of rotatable bonds is 5. The van der Waals surface area contributed by atoms with Gasteiger partial charge in [0.1, 0.15) is 18.1 Å². The number of nitrogens with one attached hydrogen (secondary N) is 1. The van der Waals surface area contributed by atoms with Crippen molar-refractivity contribution in [1.82, 2.24) is 19.7 Å². The highest BCUT2D eigenvalue weighted by atomic mass is 19.4. The number of carbonyl (C=O) groups excluding carboxylic acids is 1. The molecule has 1 amide bonds. The van der Waals surface area contributed by atoms with Crippen LogP contribution in [0.5, 0.6) is 5.75 Å². The first-order chi connectivity index (χ1) is 16.9. The van der Waals surface area contributed by atoms with E-state index in [-0.39, 0.29) is 11.3 Å². The third kappa shape index (κ3) is 4.16. The minimum Gasteiger partial charge on any atom is -0.493 e. The minimum absolute atomic E-state index is 0.118. The van der Waals surface area contributed by atoms with E-state index in [2.05, 4.69) is 20.5 Å². The highest BCUT2D eigenvalue weighted by Gasteiger charge is 2.65. The van der Waals surface area contributed by atoms with E-state index in [4.69, 9.17) is 9.47 Å². The molecule has 3 heterocycles. The van der Waals surface area contributed by atoms with Crippen molar-refractivity contribution in [2.24, 2.45) is 13.0 Å². The molecule has 4 rings (SSSR count). The summed E-state index contributed by atoms with van der Waals surface area (Å²) in [5, 5.41) is 10.2. The van der Waals surface area contributed by atoms with Gasteiger partial charge in [0.05, 0.1) is 19.0 Å². The molecule has 0 unspecified atom stereocenters. The number of hydrogen-bond donors (Lipinski definition) is 1. The van der Waals surface area contributed by atoms with Crippen LogP contribution in [0.15, 0.2) is 36.8 Å². The average Bonchev–Trinajstić information content (AvgIpc) is 3.37. The van der Waals surface area contributed by atoms with Gasteiger partial charge in [-0.25, -0.2) is 4.39 Å². The fourth-order valence-corrected chi connectivity index (χ4v) is 4.37. The molecule has 0 spiro atoms. The maximum Gasteiger partial charge on any atom is 0.417 e. The number of alkyl halides is 3. The van der Waals surface area contributed by atoms with E-state index in [1.807, 2.05) is 0 Å². The number of aromatic nitrogens is 4. The van der Waals surface area contributed by atoms with E-state index in [0.29, 0.717) is 11.5 Å². The number of ether oxygens (including phenoxy) is 2. The Morgan fingerprint density at radius 2 is 1.94 bits per heavy atom. The first kappa shape index (κ1) is 25.5. The molecule has 0 bridgehead atoms. The molecule has 2 aromatic heterocycles. The minimum atomic E-state index is -4.86. The van der Waals surface area contributed by atoms with Crippen molar-refractivity contribution in [2.75, 3.05) is 12.4 Å². The first-order valence-corrected chi connectivity index (χ1v) is 10.8. The van der Waals surface area contributed by atoms with Crippen LogP contribution in [0.3, 0.4) is 0 Å². The summed E-state index contributed by atoms with van der Waals surface area (Å²) < 4.78 is 82.3. The molecular weight excluding hydrogens is 489 g/mol. The number of methoxy groups -OCH3 is 1. The molecule has 1 aromatic carbocycles. The molecule has 36 heavy (non-hydrogen) atoms. The van der Waals surface area contributed by atoms with Crippen LogP contribution >= 0.6 is 0 Å². The monoisotopic (exact) mass is 511 g/mol. The van der Waals surface area contributed by atoms with Gasteiger partial charge < -0.3 is 19.4 Å². The topological polar surface area (TPSA) is 91.2 Å². The SMILES string of the molecule is COc1c([C@H]2[C@H](C(=O)Nc3ccc(-c4nncn4C)nc3)O[C@@](C)(C(F)(F)F)[C@H]2C)ccc(F)c1F. The van der Waals surface area contributed by atoms with E-state index < -0.39 is 53.0 Å². The van der Waals surface area contributed by atoms with Crippen molar-refractivity contribution in [3.63, 3.8) is 0 Å². The standard InChI is InChI=1S/C23H22F5N5O3/c1-11-16(13-6-7-14(24)17(25)18(13)35-4)19(36-22(11,2)23(26,27)28)21(34)31-12-5-8-15(29-9-12)20-32-30-10-33(20)3/h5-11,16,19H,1-4H3,(H,31,34)/t11-,16-,19+,22+/m0/s1. The molecule has 0 saturated carbocycles. The highest BCUT2D eigenvalue weighted by molar-refractivity contribution is 5.95. The Bertz CT molecular complexity index is 1280. The number of pyridine rings is 1. The molecule has 1 N–H and O–H groups in total. The summed E-state index contributed by atoms with van der Waals surface area (Å²) in [6.07, 6.45) is -3.78. The maximum atomic E-state index is 14.4. The molecule has 0 radical (unpaired) electrons. The number of aryl methyl sites for hydroxylation is 1. The lowest BCUT2D eigenvalue weighted by Crippen LogP contribution is -2.47. The molecule has 1 aliphatic rings. The lowest BCUT2D eigenvalue weighted by Gasteiger charge is -2.32. The Balaban J connectivity index is 1.69. The second kappa shape index (κ2) is 9.12. The third-order valence-electron chi connectivity index (χ3n) is 6.54. The molecular formula is C23H22F5N5O3. The number of hydrogen-bond acceptors (Lipinski definition) is 6. The predicted molar refractivity (Wildman–Crippen MR) is 117 cm³/mol. The number of anilines is 1. The molecule has 1 saturated heterocycles. The van der Waals surface area contributed by atoms with Gasteiger partial charge in [0, 0.05) is 24.4 Å². The molecule has 4 atom stereocenters. The number of carbonyl (C=O) groups is 1. The summed E-state index contributed by atoms with van der Waals surface area (Å²) in [7, 11) is 2.78. The van der Waals surface area contributed by atoms with Gasteiger partial charge in [0.25, 0.3) is 5.91 Å². The molecule has 1 aliphatic heterocycles. The van der Waals surface area contributed by atoms with Gasteiger partial charge in [-0.1, -0.05) is 13.0 Å². The Morgan fingerprint density at radius 3 is 2.50 bits per heavy atom.